The quantitative estimate of drug-likeness (QED) is 0.501. The van der Waals surface area contributed by atoms with Crippen LogP contribution in [0.2, 0.25) is 0 Å². The molecule has 0 unspecified atom stereocenters. The van der Waals surface area contributed by atoms with E-state index in [4.69, 9.17) is 0 Å². The summed E-state index contributed by atoms with van der Waals surface area (Å²) in [5.74, 6) is -0.662. The third kappa shape index (κ3) is 3.33. The van der Waals surface area contributed by atoms with Crippen molar-refractivity contribution in [3.05, 3.63) is 72.6 Å². The van der Waals surface area contributed by atoms with Crippen LogP contribution in [0.4, 0.5) is 16.5 Å². The van der Waals surface area contributed by atoms with Crippen molar-refractivity contribution in [1.29, 1.82) is 0 Å². The van der Waals surface area contributed by atoms with Crippen molar-refractivity contribution in [3.8, 4) is 5.75 Å². The number of nitrogens with one attached hydrogen (secondary N) is 2. The van der Waals surface area contributed by atoms with E-state index >= 15 is 0 Å². The number of pyridine rings is 1. The molecule has 0 aliphatic rings. The number of rotatable bonds is 4. The highest BCUT2D eigenvalue weighted by molar-refractivity contribution is 7.22. The summed E-state index contributed by atoms with van der Waals surface area (Å²) in [7, 11) is 0. The van der Waals surface area contributed by atoms with Crippen LogP contribution in [-0.4, -0.2) is 21.0 Å². The minimum absolute atomic E-state index is 0.0295. The van der Waals surface area contributed by atoms with Crippen molar-refractivity contribution in [3.63, 3.8) is 0 Å². The van der Waals surface area contributed by atoms with Gasteiger partial charge in [-0.3, -0.25) is 10.1 Å². The molecule has 128 valence electrons. The van der Waals surface area contributed by atoms with E-state index in [1.54, 1.807) is 6.07 Å². The number of amides is 1. The Morgan fingerprint density at radius 3 is 2.65 bits per heavy atom. The molecule has 0 aliphatic heterocycles. The van der Waals surface area contributed by atoms with E-state index in [1.807, 2.05) is 48.5 Å². The highest BCUT2D eigenvalue weighted by atomic mass is 32.1. The fourth-order valence-electron chi connectivity index (χ4n) is 2.47. The number of para-hydroxylation sites is 1. The van der Waals surface area contributed by atoms with Crippen LogP contribution in [0.15, 0.2) is 66.9 Å². The van der Waals surface area contributed by atoms with Gasteiger partial charge in [0.25, 0.3) is 5.91 Å². The number of hydrogen-bond donors (Lipinski definition) is 3. The first kappa shape index (κ1) is 16.0. The molecule has 6 nitrogen and oxygen atoms in total. The molecule has 2 heterocycles. The van der Waals surface area contributed by atoms with E-state index in [-0.39, 0.29) is 11.4 Å². The van der Waals surface area contributed by atoms with Gasteiger partial charge in [0, 0.05) is 17.6 Å². The van der Waals surface area contributed by atoms with Crippen LogP contribution in [0.1, 0.15) is 10.5 Å². The maximum atomic E-state index is 12.2. The fraction of sp³-hybridized carbons (Fsp3) is 0. The summed E-state index contributed by atoms with van der Waals surface area (Å²) in [4.78, 5) is 20.5. The van der Waals surface area contributed by atoms with Crippen molar-refractivity contribution in [2.24, 2.45) is 0 Å². The molecule has 7 heteroatoms. The molecule has 26 heavy (non-hydrogen) atoms. The van der Waals surface area contributed by atoms with Crippen LogP contribution >= 0.6 is 11.3 Å². The van der Waals surface area contributed by atoms with Gasteiger partial charge in [-0.25, -0.2) is 9.97 Å². The highest BCUT2D eigenvalue weighted by Gasteiger charge is 2.14. The van der Waals surface area contributed by atoms with Crippen molar-refractivity contribution in [2.45, 2.75) is 0 Å². The number of carbonyl (C=O) groups is 1. The summed E-state index contributed by atoms with van der Waals surface area (Å²) in [5.41, 5.74) is 2.69. The van der Waals surface area contributed by atoms with E-state index in [2.05, 4.69) is 20.6 Å². The van der Waals surface area contributed by atoms with Gasteiger partial charge in [0.15, 0.2) is 10.8 Å². The molecule has 1 amide bonds. The van der Waals surface area contributed by atoms with E-state index in [9.17, 15) is 9.90 Å². The first-order chi connectivity index (χ1) is 12.7. The lowest BCUT2D eigenvalue weighted by atomic mass is 10.2. The van der Waals surface area contributed by atoms with Gasteiger partial charge in [0.05, 0.1) is 10.2 Å². The molecule has 0 fully saturated rings. The zero-order valence-corrected chi connectivity index (χ0v) is 14.3. The normalized spacial score (nSPS) is 10.6. The molecule has 0 saturated heterocycles. The third-order valence-corrected chi connectivity index (χ3v) is 4.61. The molecule has 0 atom stereocenters. The number of anilines is 3. The van der Waals surface area contributed by atoms with E-state index in [0.717, 1.165) is 21.6 Å². The predicted molar refractivity (Wildman–Crippen MR) is 103 cm³/mol. The smallest absolute Gasteiger partial charge is 0.279 e. The van der Waals surface area contributed by atoms with Crippen molar-refractivity contribution >= 4 is 44.0 Å². The first-order valence-electron chi connectivity index (χ1n) is 7.87. The molecular weight excluding hydrogens is 348 g/mol. The van der Waals surface area contributed by atoms with Gasteiger partial charge >= 0.3 is 0 Å². The molecule has 0 saturated carbocycles. The maximum Gasteiger partial charge on any atom is 0.279 e. The summed E-state index contributed by atoms with van der Waals surface area (Å²) in [6.45, 7) is 0. The average molecular weight is 362 g/mol. The minimum atomic E-state index is -0.496. The second kappa shape index (κ2) is 6.81. The highest BCUT2D eigenvalue weighted by Crippen LogP contribution is 2.30. The Labute approximate surface area is 153 Å². The lowest BCUT2D eigenvalue weighted by Crippen LogP contribution is -2.13. The molecule has 0 spiro atoms. The van der Waals surface area contributed by atoms with Crippen LogP contribution in [-0.2, 0) is 0 Å². The molecule has 0 aliphatic carbocycles. The molecule has 3 N–H and O–H groups in total. The Morgan fingerprint density at radius 2 is 1.85 bits per heavy atom. The van der Waals surface area contributed by atoms with E-state index in [0.29, 0.717) is 5.13 Å². The number of carbonyl (C=O) groups excluding carboxylic acids is 1. The number of thiazole rings is 1. The van der Waals surface area contributed by atoms with Gasteiger partial charge in [-0.2, -0.15) is 0 Å². The summed E-state index contributed by atoms with van der Waals surface area (Å²) in [6, 6.07) is 18.7. The first-order valence-corrected chi connectivity index (χ1v) is 8.69. The SMILES string of the molecule is O=C(Nc1nc2ccc(Nc3ccccc3)cc2s1)c1ncccc1O. The van der Waals surface area contributed by atoms with Crippen LogP contribution in [0.5, 0.6) is 5.75 Å². The number of aromatic nitrogens is 2. The third-order valence-electron chi connectivity index (χ3n) is 3.67. The number of benzene rings is 2. The zero-order valence-electron chi connectivity index (χ0n) is 13.5. The standard InChI is InChI=1S/C19H14N4O2S/c24-15-7-4-10-20-17(15)18(25)23-19-22-14-9-8-13(11-16(14)26-19)21-12-5-2-1-3-6-12/h1-11,21,24H,(H,22,23,25). The number of fused-ring (bicyclic) bond motifs is 1. The Hall–Kier alpha value is -3.45. The Kier molecular flexibility index (Phi) is 4.20. The summed E-state index contributed by atoms with van der Waals surface area (Å²) >= 11 is 1.36. The summed E-state index contributed by atoms with van der Waals surface area (Å²) in [6.07, 6.45) is 1.45. The predicted octanol–water partition coefficient (Wildman–Crippen LogP) is 4.39. The van der Waals surface area contributed by atoms with Crippen molar-refractivity contribution in [1.82, 2.24) is 9.97 Å². The zero-order chi connectivity index (χ0) is 17.9. The number of hydrogen-bond acceptors (Lipinski definition) is 6. The van der Waals surface area contributed by atoms with Gasteiger partial charge in [0.1, 0.15) is 5.75 Å². The average Bonchev–Trinajstić information content (AvgIpc) is 3.04. The van der Waals surface area contributed by atoms with Gasteiger partial charge in [0.2, 0.25) is 0 Å². The lowest BCUT2D eigenvalue weighted by Gasteiger charge is -2.05. The second-order valence-electron chi connectivity index (χ2n) is 5.52. The number of aromatic hydroxyl groups is 1. The Bertz CT molecular complexity index is 1080. The van der Waals surface area contributed by atoms with E-state index in [1.165, 1.54) is 23.6 Å². The van der Waals surface area contributed by atoms with Gasteiger partial charge in [-0.05, 0) is 42.5 Å². The minimum Gasteiger partial charge on any atom is -0.505 e. The lowest BCUT2D eigenvalue weighted by molar-refractivity contribution is 0.101. The van der Waals surface area contributed by atoms with E-state index < -0.39 is 5.91 Å². The van der Waals surface area contributed by atoms with Gasteiger partial charge in [-0.15, -0.1) is 0 Å². The molecule has 0 radical (unpaired) electrons. The van der Waals surface area contributed by atoms with Crippen LogP contribution in [0, 0.1) is 0 Å². The Balaban J connectivity index is 1.56. The summed E-state index contributed by atoms with van der Waals surface area (Å²) < 4.78 is 0.937. The van der Waals surface area contributed by atoms with Crippen LogP contribution in [0.25, 0.3) is 10.2 Å². The monoisotopic (exact) mass is 362 g/mol. The topological polar surface area (TPSA) is 87.1 Å². The van der Waals surface area contributed by atoms with Crippen molar-refractivity contribution in [2.75, 3.05) is 10.6 Å². The Morgan fingerprint density at radius 1 is 1.00 bits per heavy atom. The fourth-order valence-corrected chi connectivity index (χ4v) is 3.37. The molecule has 4 aromatic rings. The van der Waals surface area contributed by atoms with Gasteiger partial charge < -0.3 is 10.4 Å². The van der Waals surface area contributed by atoms with Crippen LogP contribution in [0.3, 0.4) is 0 Å². The van der Waals surface area contributed by atoms with Gasteiger partial charge in [-0.1, -0.05) is 29.5 Å². The van der Waals surface area contributed by atoms with Crippen LogP contribution < -0.4 is 10.6 Å². The number of nitrogens with zero attached hydrogens (tertiary/aromatic N) is 2. The molecule has 2 aromatic carbocycles. The molecule has 0 bridgehead atoms. The largest absolute Gasteiger partial charge is 0.505 e. The molecule has 2 aromatic heterocycles. The summed E-state index contributed by atoms with van der Waals surface area (Å²) in [5, 5.41) is 16.2. The maximum absolute atomic E-state index is 12.2. The second-order valence-corrected chi connectivity index (χ2v) is 6.55. The van der Waals surface area contributed by atoms with Crippen molar-refractivity contribution < 1.29 is 9.90 Å². The molecular formula is C19H14N4O2S. The molecule has 4 rings (SSSR count).